The lowest BCUT2D eigenvalue weighted by molar-refractivity contribution is 0.0997. The van der Waals surface area contributed by atoms with Crippen molar-refractivity contribution in [3.63, 3.8) is 0 Å². The van der Waals surface area contributed by atoms with Crippen molar-refractivity contribution in [3.8, 4) is 17.2 Å². The summed E-state index contributed by atoms with van der Waals surface area (Å²) in [4.78, 5) is 10.5. The summed E-state index contributed by atoms with van der Waals surface area (Å²) in [5.74, 6) is -1.20. The zero-order valence-electron chi connectivity index (χ0n) is 11.0. The quantitative estimate of drug-likeness (QED) is 0.424. The van der Waals surface area contributed by atoms with E-state index in [1.165, 1.54) is 24.3 Å². The molecule has 0 spiro atoms. The standard InChI is InChI=1S/C7H5Cl2NO.C7H7NO3/c8-5-1-4(3-10)7(11)6(9)2-5;8-7(11)5-3-4(9)1-2-6(5)10/h1-3,10-11H;1-3,9-10H,(H2,8,11). The van der Waals surface area contributed by atoms with E-state index in [4.69, 9.17) is 44.6 Å². The molecule has 0 atom stereocenters. The van der Waals surface area contributed by atoms with Crippen molar-refractivity contribution in [3.05, 3.63) is 51.5 Å². The number of amides is 1. The first-order valence-corrected chi connectivity index (χ1v) is 6.52. The average Bonchev–Trinajstić information content (AvgIpc) is 2.45. The highest BCUT2D eigenvalue weighted by Gasteiger charge is 2.07. The Morgan fingerprint density at radius 1 is 1.14 bits per heavy atom. The Hall–Kier alpha value is -2.44. The maximum atomic E-state index is 10.5. The lowest BCUT2D eigenvalue weighted by Gasteiger charge is -2.00. The average molecular weight is 343 g/mol. The number of carbonyl (C=O) groups excluding carboxylic acids is 1. The smallest absolute Gasteiger partial charge is 0.252 e. The Balaban J connectivity index is 0.000000220. The van der Waals surface area contributed by atoms with E-state index in [0.717, 1.165) is 12.3 Å². The maximum absolute atomic E-state index is 10.5. The van der Waals surface area contributed by atoms with Gasteiger partial charge in [0.1, 0.15) is 17.2 Å². The molecule has 0 aromatic heterocycles. The van der Waals surface area contributed by atoms with Gasteiger partial charge in [-0.3, -0.25) is 4.79 Å². The summed E-state index contributed by atoms with van der Waals surface area (Å²) in [7, 11) is 0. The van der Waals surface area contributed by atoms with Crippen LogP contribution in [0.15, 0.2) is 30.3 Å². The number of hydrogen-bond acceptors (Lipinski definition) is 5. The molecule has 8 heteroatoms. The number of aromatic hydroxyl groups is 3. The summed E-state index contributed by atoms with van der Waals surface area (Å²) in [6, 6.07) is 6.47. The van der Waals surface area contributed by atoms with E-state index in [-0.39, 0.29) is 27.8 Å². The summed E-state index contributed by atoms with van der Waals surface area (Å²) in [6.07, 6.45) is 0.993. The molecule has 22 heavy (non-hydrogen) atoms. The Bertz CT molecular complexity index is 720. The number of carbonyl (C=O) groups is 1. The number of halogens is 2. The number of phenols is 3. The Kier molecular flexibility index (Phi) is 6.03. The van der Waals surface area contributed by atoms with Crippen LogP contribution in [0.1, 0.15) is 15.9 Å². The second-order valence-electron chi connectivity index (χ2n) is 4.04. The summed E-state index contributed by atoms with van der Waals surface area (Å²) in [6.45, 7) is 0. The zero-order chi connectivity index (χ0) is 16.9. The highest BCUT2D eigenvalue weighted by molar-refractivity contribution is 6.36. The van der Waals surface area contributed by atoms with E-state index < -0.39 is 5.91 Å². The Morgan fingerprint density at radius 3 is 2.27 bits per heavy atom. The minimum Gasteiger partial charge on any atom is -0.508 e. The molecule has 0 saturated carbocycles. The highest BCUT2D eigenvalue weighted by atomic mass is 35.5. The first-order valence-electron chi connectivity index (χ1n) is 5.76. The third-order valence-electron chi connectivity index (χ3n) is 2.46. The number of hydrogen-bond donors (Lipinski definition) is 5. The summed E-state index contributed by atoms with van der Waals surface area (Å²) in [5, 5.41) is 34.5. The monoisotopic (exact) mass is 342 g/mol. The number of phenolic OH excluding ortho intramolecular Hbond substituents is 2. The second-order valence-corrected chi connectivity index (χ2v) is 4.88. The zero-order valence-corrected chi connectivity index (χ0v) is 12.6. The van der Waals surface area contributed by atoms with Gasteiger partial charge in [0.15, 0.2) is 0 Å². The van der Waals surface area contributed by atoms with Crippen LogP contribution in [0.3, 0.4) is 0 Å². The molecule has 0 heterocycles. The van der Waals surface area contributed by atoms with E-state index >= 15 is 0 Å². The topological polar surface area (TPSA) is 128 Å². The van der Waals surface area contributed by atoms with Gasteiger partial charge in [-0.2, -0.15) is 0 Å². The number of primary amides is 1. The predicted octanol–water partition coefficient (Wildman–Crippen LogP) is 2.89. The Labute approximate surface area is 135 Å². The van der Waals surface area contributed by atoms with Crippen LogP contribution in [0.25, 0.3) is 0 Å². The molecule has 6 N–H and O–H groups in total. The van der Waals surface area contributed by atoms with Gasteiger partial charge in [-0.15, -0.1) is 0 Å². The number of nitrogens with one attached hydrogen (secondary N) is 1. The van der Waals surface area contributed by atoms with Gasteiger partial charge in [0.2, 0.25) is 0 Å². The maximum Gasteiger partial charge on any atom is 0.252 e. The molecule has 0 saturated heterocycles. The lowest BCUT2D eigenvalue weighted by atomic mass is 10.2. The molecule has 116 valence electrons. The Morgan fingerprint density at radius 2 is 1.77 bits per heavy atom. The molecule has 0 bridgehead atoms. The predicted molar refractivity (Wildman–Crippen MR) is 84.3 cm³/mol. The molecule has 0 unspecified atom stereocenters. The molecule has 0 fully saturated rings. The fraction of sp³-hybridized carbons (Fsp3) is 0. The molecule has 2 aromatic rings. The van der Waals surface area contributed by atoms with Crippen molar-refractivity contribution in [2.45, 2.75) is 0 Å². The summed E-state index contributed by atoms with van der Waals surface area (Å²) >= 11 is 11.2. The fourth-order valence-electron chi connectivity index (χ4n) is 1.42. The van der Waals surface area contributed by atoms with Gasteiger partial charge in [0, 0.05) is 16.8 Å². The van der Waals surface area contributed by atoms with E-state index in [1.54, 1.807) is 0 Å². The van der Waals surface area contributed by atoms with Gasteiger partial charge < -0.3 is 26.5 Å². The fourth-order valence-corrected chi connectivity index (χ4v) is 1.93. The van der Waals surface area contributed by atoms with Crippen LogP contribution in [0.2, 0.25) is 10.0 Å². The van der Waals surface area contributed by atoms with Gasteiger partial charge in [0.05, 0.1) is 10.6 Å². The van der Waals surface area contributed by atoms with Crippen molar-refractivity contribution in [2.24, 2.45) is 5.73 Å². The van der Waals surface area contributed by atoms with Gasteiger partial charge in [-0.25, -0.2) is 0 Å². The molecule has 1 amide bonds. The largest absolute Gasteiger partial charge is 0.508 e. The van der Waals surface area contributed by atoms with Crippen molar-refractivity contribution in [1.82, 2.24) is 0 Å². The van der Waals surface area contributed by atoms with E-state index in [9.17, 15) is 9.90 Å². The third-order valence-corrected chi connectivity index (χ3v) is 2.97. The first kappa shape index (κ1) is 17.6. The van der Waals surface area contributed by atoms with Gasteiger partial charge in [-0.1, -0.05) is 23.2 Å². The first-order chi connectivity index (χ1) is 10.3. The third kappa shape index (κ3) is 4.54. The second kappa shape index (κ2) is 7.53. The molecule has 0 radical (unpaired) electrons. The minimum atomic E-state index is -0.765. The molecule has 0 aliphatic rings. The van der Waals surface area contributed by atoms with Crippen molar-refractivity contribution < 1.29 is 20.1 Å². The molecule has 6 nitrogen and oxygen atoms in total. The number of nitrogens with two attached hydrogens (primary N) is 1. The van der Waals surface area contributed by atoms with Crippen LogP contribution in [0, 0.1) is 5.41 Å². The van der Waals surface area contributed by atoms with E-state index in [0.29, 0.717) is 10.6 Å². The molecule has 2 aromatic carbocycles. The van der Waals surface area contributed by atoms with Gasteiger partial charge >= 0.3 is 0 Å². The van der Waals surface area contributed by atoms with Gasteiger partial charge in [-0.05, 0) is 30.3 Å². The molecule has 0 aliphatic heterocycles. The number of benzene rings is 2. The van der Waals surface area contributed by atoms with E-state index in [2.05, 4.69) is 0 Å². The van der Waals surface area contributed by atoms with Crippen LogP contribution in [-0.2, 0) is 0 Å². The number of rotatable bonds is 2. The SMILES string of the molecule is N=Cc1cc(Cl)cc(Cl)c1O.NC(=O)c1cc(O)ccc1O. The van der Waals surface area contributed by atoms with Crippen molar-refractivity contribution in [2.75, 3.05) is 0 Å². The lowest BCUT2D eigenvalue weighted by Crippen LogP contribution is -2.10. The van der Waals surface area contributed by atoms with Crippen LogP contribution >= 0.6 is 23.2 Å². The normalized spacial score (nSPS) is 9.55. The summed E-state index contributed by atoms with van der Waals surface area (Å²) in [5.41, 5.74) is 5.12. The van der Waals surface area contributed by atoms with Crippen molar-refractivity contribution >= 4 is 35.3 Å². The van der Waals surface area contributed by atoms with Crippen molar-refractivity contribution in [1.29, 1.82) is 5.41 Å². The highest BCUT2D eigenvalue weighted by Crippen LogP contribution is 2.29. The van der Waals surface area contributed by atoms with Gasteiger partial charge in [0.25, 0.3) is 5.91 Å². The van der Waals surface area contributed by atoms with E-state index in [1.807, 2.05) is 0 Å². The van der Waals surface area contributed by atoms with Crippen LogP contribution in [0.4, 0.5) is 0 Å². The molecule has 0 aliphatic carbocycles. The molecule has 2 rings (SSSR count). The van der Waals surface area contributed by atoms with Crippen LogP contribution in [-0.4, -0.2) is 27.4 Å². The summed E-state index contributed by atoms with van der Waals surface area (Å²) < 4.78 is 0. The minimum absolute atomic E-state index is 0.0787. The van der Waals surface area contributed by atoms with Crippen LogP contribution < -0.4 is 5.73 Å². The molecular formula is C14H12Cl2N2O4. The van der Waals surface area contributed by atoms with Crippen LogP contribution in [0.5, 0.6) is 17.2 Å². The molecular weight excluding hydrogens is 331 g/mol.